The smallest absolute Gasteiger partial charge is 0.234 e. The van der Waals surface area contributed by atoms with Crippen LogP contribution in [0.5, 0.6) is 0 Å². The lowest BCUT2D eigenvalue weighted by atomic mass is 10.0. The number of hydrogen-bond acceptors (Lipinski definition) is 0. The van der Waals surface area contributed by atoms with Gasteiger partial charge in [0.15, 0.2) is 0 Å². The van der Waals surface area contributed by atoms with Crippen molar-refractivity contribution in [1.29, 1.82) is 0 Å². The minimum atomic E-state index is 1.23. The Balaban J connectivity index is 2.29. The first kappa shape index (κ1) is 38.2. The van der Waals surface area contributed by atoms with Gasteiger partial charge in [-0.25, -0.2) is 9.13 Å². The SMILES string of the molecule is CCCCCCCCCCCCCCCn1cc[n+](CCCCCCCCCCC)c1CCCCCCCCCC. The Labute approximate surface area is 259 Å². The highest BCUT2D eigenvalue weighted by Crippen LogP contribution is 2.15. The summed E-state index contributed by atoms with van der Waals surface area (Å²) in [5.74, 6) is 1.62. The Hall–Kier alpha value is -0.790. The van der Waals surface area contributed by atoms with Gasteiger partial charge < -0.3 is 0 Å². The van der Waals surface area contributed by atoms with Crippen molar-refractivity contribution in [3.8, 4) is 0 Å². The van der Waals surface area contributed by atoms with Crippen LogP contribution in [0.1, 0.15) is 219 Å². The van der Waals surface area contributed by atoms with E-state index in [1.807, 2.05) is 0 Å². The Morgan fingerprint density at radius 3 is 1.17 bits per heavy atom. The maximum absolute atomic E-state index is 2.63. The minimum absolute atomic E-state index is 1.23. The fourth-order valence-electron chi connectivity index (χ4n) is 6.50. The van der Waals surface area contributed by atoms with E-state index in [1.165, 1.54) is 212 Å². The maximum Gasteiger partial charge on any atom is 0.256 e. The molecule has 2 nitrogen and oxygen atoms in total. The van der Waals surface area contributed by atoms with Crippen LogP contribution in [0, 0.1) is 0 Å². The first-order chi connectivity index (χ1) is 20.3. The summed E-state index contributed by atoms with van der Waals surface area (Å²) in [7, 11) is 0. The average molecular weight is 574 g/mol. The summed E-state index contributed by atoms with van der Waals surface area (Å²) in [5, 5.41) is 0. The fraction of sp³-hybridized carbons (Fsp3) is 0.923. The van der Waals surface area contributed by atoms with Gasteiger partial charge in [-0.3, -0.25) is 0 Å². The number of unbranched alkanes of at least 4 members (excludes halogenated alkanes) is 27. The van der Waals surface area contributed by atoms with E-state index >= 15 is 0 Å². The van der Waals surface area contributed by atoms with Gasteiger partial charge in [0.2, 0.25) is 0 Å². The highest BCUT2D eigenvalue weighted by Gasteiger charge is 2.16. The van der Waals surface area contributed by atoms with E-state index in [-0.39, 0.29) is 0 Å². The standard InChI is InChI=1S/C39H77N2/c1-4-7-10-13-16-19-20-21-22-24-27-30-33-36-41-38-37-40(35-32-29-26-23-17-14-11-8-5-2)39(41)34-31-28-25-18-15-12-9-6-3/h37-38H,4-36H2,1-3H3/q+1. The van der Waals surface area contributed by atoms with Gasteiger partial charge in [0.25, 0.3) is 5.82 Å². The van der Waals surface area contributed by atoms with Gasteiger partial charge >= 0.3 is 0 Å². The molecule has 0 saturated heterocycles. The molecular weight excluding hydrogens is 496 g/mol. The molecule has 0 amide bonds. The molecule has 0 aromatic carbocycles. The zero-order chi connectivity index (χ0) is 29.5. The second-order valence-electron chi connectivity index (χ2n) is 13.4. The molecule has 1 aromatic heterocycles. The molecule has 0 N–H and O–H groups in total. The van der Waals surface area contributed by atoms with Crippen LogP contribution in [-0.4, -0.2) is 4.57 Å². The molecule has 1 heterocycles. The average Bonchev–Trinajstić information content (AvgIpc) is 3.37. The maximum atomic E-state index is 2.63. The lowest BCUT2D eigenvalue weighted by Gasteiger charge is -2.07. The number of aromatic nitrogens is 2. The fourth-order valence-corrected chi connectivity index (χ4v) is 6.50. The van der Waals surface area contributed by atoms with Crippen LogP contribution >= 0.6 is 0 Å². The molecule has 41 heavy (non-hydrogen) atoms. The van der Waals surface area contributed by atoms with Crippen molar-refractivity contribution < 1.29 is 4.57 Å². The van der Waals surface area contributed by atoms with Crippen molar-refractivity contribution in [2.24, 2.45) is 0 Å². The van der Waals surface area contributed by atoms with Gasteiger partial charge in [-0.15, -0.1) is 0 Å². The Bertz CT molecular complexity index is 634. The second-order valence-corrected chi connectivity index (χ2v) is 13.4. The zero-order valence-corrected chi connectivity index (χ0v) is 28.9. The normalized spacial score (nSPS) is 11.6. The van der Waals surface area contributed by atoms with E-state index in [0.29, 0.717) is 0 Å². The van der Waals surface area contributed by atoms with Crippen molar-refractivity contribution >= 4 is 0 Å². The summed E-state index contributed by atoms with van der Waals surface area (Å²) in [6, 6.07) is 0. The zero-order valence-electron chi connectivity index (χ0n) is 28.9. The van der Waals surface area contributed by atoms with Gasteiger partial charge in [-0.05, 0) is 32.1 Å². The summed E-state index contributed by atoms with van der Waals surface area (Å²) in [6.07, 6.45) is 48.9. The van der Waals surface area contributed by atoms with Crippen LogP contribution in [0.4, 0.5) is 0 Å². The van der Waals surface area contributed by atoms with Crippen LogP contribution in [0.15, 0.2) is 12.4 Å². The van der Waals surface area contributed by atoms with Crippen LogP contribution in [0.2, 0.25) is 0 Å². The monoisotopic (exact) mass is 574 g/mol. The van der Waals surface area contributed by atoms with E-state index in [1.54, 1.807) is 5.82 Å². The third-order valence-electron chi connectivity index (χ3n) is 9.35. The molecule has 0 aliphatic carbocycles. The first-order valence-electron chi connectivity index (χ1n) is 19.4. The highest BCUT2D eigenvalue weighted by molar-refractivity contribution is 4.84. The second kappa shape index (κ2) is 30.7. The van der Waals surface area contributed by atoms with Gasteiger partial charge in [0.05, 0.1) is 13.1 Å². The van der Waals surface area contributed by atoms with Crippen LogP contribution < -0.4 is 4.57 Å². The van der Waals surface area contributed by atoms with Crippen molar-refractivity contribution in [2.45, 2.75) is 233 Å². The molecule has 0 unspecified atom stereocenters. The Morgan fingerprint density at radius 1 is 0.415 bits per heavy atom. The molecule has 0 saturated carbocycles. The molecule has 0 bridgehead atoms. The molecule has 0 aliphatic rings. The van der Waals surface area contributed by atoms with E-state index in [0.717, 1.165) is 0 Å². The molecule has 0 spiro atoms. The molecule has 0 fully saturated rings. The summed E-state index contributed by atoms with van der Waals surface area (Å²) < 4.78 is 5.26. The molecule has 0 radical (unpaired) electrons. The summed E-state index contributed by atoms with van der Waals surface area (Å²) in [4.78, 5) is 0. The first-order valence-corrected chi connectivity index (χ1v) is 19.4. The van der Waals surface area contributed by atoms with Gasteiger partial charge in [0, 0.05) is 6.42 Å². The predicted molar refractivity (Wildman–Crippen MR) is 184 cm³/mol. The summed E-state index contributed by atoms with van der Waals surface area (Å²) in [5.41, 5.74) is 0. The number of nitrogens with zero attached hydrogens (tertiary/aromatic N) is 2. The summed E-state index contributed by atoms with van der Waals surface area (Å²) in [6.45, 7) is 9.40. The van der Waals surface area contributed by atoms with Gasteiger partial charge in [-0.2, -0.15) is 0 Å². The quantitative estimate of drug-likeness (QED) is 0.0584. The molecular formula is C39H77N2+. The highest BCUT2D eigenvalue weighted by atomic mass is 15.1. The molecule has 0 aliphatic heterocycles. The Kier molecular flexibility index (Phi) is 28.6. The number of rotatable bonds is 33. The minimum Gasteiger partial charge on any atom is -0.234 e. The molecule has 242 valence electrons. The van der Waals surface area contributed by atoms with Crippen LogP contribution in [0.25, 0.3) is 0 Å². The van der Waals surface area contributed by atoms with E-state index in [9.17, 15) is 0 Å². The molecule has 2 heteroatoms. The van der Waals surface area contributed by atoms with E-state index in [2.05, 4.69) is 42.3 Å². The third-order valence-corrected chi connectivity index (χ3v) is 9.35. The topological polar surface area (TPSA) is 8.81 Å². The van der Waals surface area contributed by atoms with Crippen LogP contribution in [-0.2, 0) is 19.5 Å². The van der Waals surface area contributed by atoms with Crippen molar-refractivity contribution in [3.63, 3.8) is 0 Å². The Morgan fingerprint density at radius 2 is 0.756 bits per heavy atom. The lowest BCUT2D eigenvalue weighted by molar-refractivity contribution is -0.704. The van der Waals surface area contributed by atoms with Crippen molar-refractivity contribution in [2.75, 3.05) is 0 Å². The largest absolute Gasteiger partial charge is 0.256 e. The van der Waals surface area contributed by atoms with E-state index in [4.69, 9.17) is 0 Å². The molecule has 1 aromatic rings. The number of imidazole rings is 1. The van der Waals surface area contributed by atoms with Crippen molar-refractivity contribution in [3.05, 3.63) is 18.2 Å². The third kappa shape index (κ3) is 23.4. The van der Waals surface area contributed by atoms with Gasteiger partial charge in [0.1, 0.15) is 12.4 Å². The number of hydrogen-bond donors (Lipinski definition) is 0. The predicted octanol–water partition coefficient (Wildman–Crippen LogP) is 13.1. The molecule has 1 rings (SSSR count). The van der Waals surface area contributed by atoms with E-state index < -0.39 is 0 Å². The van der Waals surface area contributed by atoms with Crippen LogP contribution in [0.3, 0.4) is 0 Å². The number of aryl methyl sites for hydroxylation is 2. The summed E-state index contributed by atoms with van der Waals surface area (Å²) >= 11 is 0. The van der Waals surface area contributed by atoms with Crippen molar-refractivity contribution in [1.82, 2.24) is 4.57 Å². The lowest BCUT2D eigenvalue weighted by Crippen LogP contribution is -2.37. The molecule has 0 atom stereocenters. The van der Waals surface area contributed by atoms with Gasteiger partial charge in [-0.1, -0.05) is 181 Å².